The molecule has 1 rings (SSSR count). The summed E-state index contributed by atoms with van der Waals surface area (Å²) in [6.07, 6.45) is 0. The molecule has 5 nitrogen and oxygen atoms in total. The summed E-state index contributed by atoms with van der Waals surface area (Å²) in [5.74, 6) is -1.20. The van der Waals surface area contributed by atoms with E-state index in [0.717, 1.165) is 11.3 Å². The molecule has 0 aliphatic carbocycles. The number of carboxylic acids is 1. The van der Waals surface area contributed by atoms with Crippen LogP contribution in [0.5, 0.6) is 0 Å². The molecule has 0 aliphatic heterocycles. The van der Waals surface area contributed by atoms with Crippen molar-refractivity contribution in [1.29, 1.82) is 0 Å². The average Bonchev–Trinajstić information content (AvgIpc) is 2.34. The Morgan fingerprint density at radius 3 is 2.32 bits per heavy atom. The number of carboxylic acid groups (broad SMARTS) is 1. The molecule has 1 aromatic rings. The van der Waals surface area contributed by atoms with Gasteiger partial charge in [0.15, 0.2) is 0 Å². The van der Waals surface area contributed by atoms with Crippen molar-refractivity contribution in [2.75, 3.05) is 11.9 Å². The van der Waals surface area contributed by atoms with Gasteiger partial charge in [-0.1, -0.05) is 32.0 Å². The molecule has 0 heterocycles. The summed E-state index contributed by atoms with van der Waals surface area (Å²) in [5, 5.41) is 11.6. The topological polar surface area (TPSA) is 69.6 Å². The van der Waals surface area contributed by atoms with Crippen molar-refractivity contribution in [2.24, 2.45) is 5.92 Å². The Morgan fingerprint density at radius 2 is 1.84 bits per heavy atom. The standard InChI is InChI=1S/C14H20N2O3/c1-9(2)12(13(17)18)15-14(19)16(4)11-8-6-5-7-10(11)3/h5-9,12H,1-4H3,(H,15,19)(H,17,18)/t12-/m0/s1. The minimum atomic E-state index is -1.03. The number of hydrogen-bond acceptors (Lipinski definition) is 2. The maximum atomic E-state index is 12.1. The molecule has 0 bridgehead atoms. The summed E-state index contributed by atoms with van der Waals surface area (Å²) < 4.78 is 0. The molecule has 0 spiro atoms. The van der Waals surface area contributed by atoms with Crippen LogP contribution in [0.15, 0.2) is 24.3 Å². The molecule has 0 saturated carbocycles. The average molecular weight is 264 g/mol. The zero-order valence-corrected chi connectivity index (χ0v) is 11.7. The van der Waals surface area contributed by atoms with Crippen molar-refractivity contribution < 1.29 is 14.7 Å². The normalized spacial score (nSPS) is 12.1. The minimum Gasteiger partial charge on any atom is -0.480 e. The number of aryl methyl sites for hydroxylation is 1. The van der Waals surface area contributed by atoms with Crippen LogP contribution in [-0.4, -0.2) is 30.2 Å². The lowest BCUT2D eigenvalue weighted by Crippen LogP contribution is -2.49. The number of aliphatic carboxylic acids is 1. The number of benzene rings is 1. The van der Waals surface area contributed by atoms with E-state index in [2.05, 4.69) is 5.32 Å². The summed E-state index contributed by atoms with van der Waals surface area (Å²) in [6, 6.07) is 6.13. The molecule has 0 aliphatic rings. The molecular weight excluding hydrogens is 244 g/mol. The van der Waals surface area contributed by atoms with Crippen LogP contribution >= 0.6 is 0 Å². The van der Waals surface area contributed by atoms with Gasteiger partial charge < -0.3 is 10.4 Å². The van der Waals surface area contributed by atoms with Crippen molar-refractivity contribution >= 4 is 17.7 Å². The number of nitrogens with zero attached hydrogens (tertiary/aromatic N) is 1. The Morgan fingerprint density at radius 1 is 1.26 bits per heavy atom. The number of rotatable bonds is 4. The molecule has 0 saturated heterocycles. The van der Waals surface area contributed by atoms with Crippen LogP contribution in [-0.2, 0) is 4.79 Å². The Hall–Kier alpha value is -2.04. The molecule has 1 atom stereocenters. The molecule has 0 aromatic heterocycles. The first-order chi connectivity index (χ1) is 8.84. The van der Waals surface area contributed by atoms with E-state index in [0.29, 0.717) is 0 Å². The highest BCUT2D eigenvalue weighted by atomic mass is 16.4. The quantitative estimate of drug-likeness (QED) is 0.876. The van der Waals surface area contributed by atoms with Gasteiger partial charge in [0.25, 0.3) is 0 Å². The van der Waals surface area contributed by atoms with Crippen molar-refractivity contribution in [2.45, 2.75) is 26.8 Å². The largest absolute Gasteiger partial charge is 0.480 e. The zero-order valence-electron chi connectivity index (χ0n) is 11.7. The Kier molecular flexibility index (Phi) is 4.92. The van der Waals surface area contributed by atoms with E-state index in [-0.39, 0.29) is 5.92 Å². The maximum absolute atomic E-state index is 12.1. The third-order valence-corrected chi connectivity index (χ3v) is 2.99. The maximum Gasteiger partial charge on any atom is 0.326 e. The SMILES string of the molecule is Cc1ccccc1N(C)C(=O)N[C@H](C(=O)O)C(C)C. The van der Waals surface area contributed by atoms with Crippen molar-refractivity contribution in [1.82, 2.24) is 5.32 Å². The van der Waals surface area contributed by atoms with Crippen LogP contribution in [0.25, 0.3) is 0 Å². The van der Waals surface area contributed by atoms with Crippen LogP contribution in [0.4, 0.5) is 10.5 Å². The monoisotopic (exact) mass is 264 g/mol. The second-order valence-electron chi connectivity index (χ2n) is 4.85. The van der Waals surface area contributed by atoms with Crippen molar-refractivity contribution in [3.8, 4) is 0 Å². The van der Waals surface area contributed by atoms with Gasteiger partial charge in [0, 0.05) is 12.7 Å². The fourth-order valence-electron chi connectivity index (χ4n) is 1.79. The van der Waals surface area contributed by atoms with Gasteiger partial charge in [0.2, 0.25) is 0 Å². The number of amides is 2. The summed E-state index contributed by atoms with van der Waals surface area (Å²) in [4.78, 5) is 24.6. The Labute approximate surface area is 113 Å². The smallest absolute Gasteiger partial charge is 0.326 e. The summed E-state index contributed by atoms with van der Waals surface area (Å²) in [6.45, 7) is 5.41. The summed E-state index contributed by atoms with van der Waals surface area (Å²) in [7, 11) is 1.62. The fraction of sp³-hybridized carbons (Fsp3) is 0.429. The lowest BCUT2D eigenvalue weighted by Gasteiger charge is -2.24. The predicted octanol–water partition coefficient (Wildman–Crippen LogP) is 2.25. The van der Waals surface area contributed by atoms with Gasteiger partial charge in [-0.15, -0.1) is 0 Å². The lowest BCUT2D eigenvalue weighted by molar-refractivity contribution is -0.140. The molecule has 2 N–H and O–H groups in total. The second-order valence-corrected chi connectivity index (χ2v) is 4.85. The molecule has 19 heavy (non-hydrogen) atoms. The second kappa shape index (κ2) is 6.22. The fourth-order valence-corrected chi connectivity index (χ4v) is 1.79. The molecular formula is C14H20N2O3. The number of hydrogen-bond donors (Lipinski definition) is 2. The van der Waals surface area contributed by atoms with Crippen LogP contribution in [0.2, 0.25) is 0 Å². The van der Waals surface area contributed by atoms with E-state index >= 15 is 0 Å². The first-order valence-corrected chi connectivity index (χ1v) is 6.17. The number of anilines is 1. The number of nitrogens with one attached hydrogen (secondary N) is 1. The molecule has 5 heteroatoms. The highest BCUT2D eigenvalue weighted by molar-refractivity contribution is 5.94. The van der Waals surface area contributed by atoms with Gasteiger partial charge in [0.1, 0.15) is 6.04 Å². The van der Waals surface area contributed by atoms with Gasteiger partial charge >= 0.3 is 12.0 Å². The van der Waals surface area contributed by atoms with Gasteiger partial charge in [-0.05, 0) is 24.5 Å². The highest BCUT2D eigenvalue weighted by Gasteiger charge is 2.25. The van der Waals surface area contributed by atoms with Crippen molar-refractivity contribution in [3.63, 3.8) is 0 Å². The molecule has 104 valence electrons. The minimum absolute atomic E-state index is 0.174. The Bertz CT molecular complexity index is 472. The van der Waals surface area contributed by atoms with E-state index < -0.39 is 18.0 Å². The molecule has 0 radical (unpaired) electrons. The van der Waals surface area contributed by atoms with E-state index in [1.165, 1.54) is 4.90 Å². The van der Waals surface area contributed by atoms with Crippen LogP contribution in [0, 0.1) is 12.8 Å². The van der Waals surface area contributed by atoms with Gasteiger partial charge in [0.05, 0.1) is 0 Å². The number of carbonyl (C=O) groups is 2. The van der Waals surface area contributed by atoms with E-state index in [1.807, 2.05) is 31.2 Å². The van der Waals surface area contributed by atoms with E-state index in [1.54, 1.807) is 20.9 Å². The van der Waals surface area contributed by atoms with Gasteiger partial charge in [-0.2, -0.15) is 0 Å². The van der Waals surface area contributed by atoms with Crippen LogP contribution < -0.4 is 10.2 Å². The first kappa shape index (κ1) is 15.0. The molecule has 0 fully saturated rings. The first-order valence-electron chi connectivity index (χ1n) is 6.17. The van der Waals surface area contributed by atoms with E-state index in [4.69, 9.17) is 5.11 Å². The summed E-state index contributed by atoms with van der Waals surface area (Å²) in [5.41, 5.74) is 1.71. The molecule has 2 amide bonds. The third-order valence-electron chi connectivity index (χ3n) is 2.99. The number of para-hydroxylation sites is 1. The van der Waals surface area contributed by atoms with Gasteiger partial charge in [-0.25, -0.2) is 9.59 Å². The van der Waals surface area contributed by atoms with E-state index in [9.17, 15) is 9.59 Å². The van der Waals surface area contributed by atoms with Crippen molar-refractivity contribution in [3.05, 3.63) is 29.8 Å². The van der Waals surface area contributed by atoms with Crippen LogP contribution in [0.1, 0.15) is 19.4 Å². The molecule has 1 aromatic carbocycles. The lowest BCUT2D eigenvalue weighted by atomic mass is 10.1. The Balaban J connectivity index is 2.83. The predicted molar refractivity (Wildman–Crippen MR) is 74.4 cm³/mol. The summed E-state index contributed by atoms with van der Waals surface area (Å²) >= 11 is 0. The molecule has 0 unspecified atom stereocenters. The number of carbonyl (C=O) groups excluding carboxylic acids is 1. The zero-order chi connectivity index (χ0) is 14.6. The highest BCUT2D eigenvalue weighted by Crippen LogP contribution is 2.18. The van der Waals surface area contributed by atoms with Gasteiger partial charge in [-0.3, -0.25) is 4.90 Å². The number of urea groups is 1. The van der Waals surface area contributed by atoms with Crippen LogP contribution in [0.3, 0.4) is 0 Å². The third kappa shape index (κ3) is 3.71.